The van der Waals surface area contributed by atoms with Crippen LogP contribution in [-0.2, 0) is 4.74 Å². The van der Waals surface area contributed by atoms with Gasteiger partial charge >= 0.3 is 0 Å². The van der Waals surface area contributed by atoms with Crippen molar-refractivity contribution in [2.45, 2.75) is 32.4 Å². The Morgan fingerprint density at radius 1 is 1.40 bits per heavy atom. The zero-order chi connectivity index (χ0) is 14.7. The summed E-state index contributed by atoms with van der Waals surface area (Å²) in [6.45, 7) is 5.48. The molecule has 2 unspecified atom stereocenters. The molecule has 0 amide bonds. The Bertz CT molecular complexity index is 493. The van der Waals surface area contributed by atoms with Crippen molar-refractivity contribution in [1.29, 1.82) is 0 Å². The predicted molar refractivity (Wildman–Crippen MR) is 71.8 cm³/mol. The number of hydrogen-bond acceptors (Lipinski definition) is 3. The predicted octanol–water partition coefficient (Wildman–Crippen LogP) is 2.65. The average Bonchev–Trinajstić information content (AvgIpc) is 2.42. The third kappa shape index (κ3) is 3.41. The van der Waals surface area contributed by atoms with E-state index in [1.165, 1.54) is 6.07 Å². The van der Waals surface area contributed by atoms with Crippen LogP contribution in [0.4, 0.5) is 8.78 Å². The summed E-state index contributed by atoms with van der Waals surface area (Å²) >= 11 is 0. The molecule has 20 heavy (non-hydrogen) atoms. The van der Waals surface area contributed by atoms with Gasteiger partial charge in [-0.1, -0.05) is 6.92 Å². The summed E-state index contributed by atoms with van der Waals surface area (Å²) in [5.74, 6) is -2.12. The van der Waals surface area contributed by atoms with Crippen molar-refractivity contribution in [3.8, 4) is 0 Å². The first kappa shape index (κ1) is 15.1. The number of hydrogen-bond donors (Lipinski definition) is 0. The first-order valence-electron chi connectivity index (χ1n) is 6.85. The zero-order valence-electron chi connectivity index (χ0n) is 11.7. The molecule has 0 saturated carbocycles. The fraction of sp³-hybridized carbons (Fsp3) is 0.533. The van der Waals surface area contributed by atoms with Gasteiger partial charge in [0.2, 0.25) is 0 Å². The third-order valence-electron chi connectivity index (χ3n) is 3.64. The third-order valence-corrected chi connectivity index (χ3v) is 3.64. The maximum Gasteiger partial charge on any atom is 0.176 e. The molecule has 110 valence electrons. The molecule has 1 aromatic carbocycles. The van der Waals surface area contributed by atoms with Crippen molar-refractivity contribution in [2.24, 2.45) is 0 Å². The summed E-state index contributed by atoms with van der Waals surface area (Å²) in [6, 6.07) is 3.47. The first-order valence-corrected chi connectivity index (χ1v) is 6.85. The van der Waals surface area contributed by atoms with Crippen molar-refractivity contribution in [3.63, 3.8) is 0 Å². The summed E-state index contributed by atoms with van der Waals surface area (Å²) in [5, 5.41) is 0. The molecule has 2 atom stereocenters. The van der Waals surface area contributed by atoms with Gasteiger partial charge < -0.3 is 4.74 Å². The van der Waals surface area contributed by atoms with E-state index < -0.39 is 11.6 Å². The molecule has 2 rings (SSSR count). The molecule has 5 heteroatoms. The lowest BCUT2D eigenvalue weighted by atomic mass is 10.1. The maximum absolute atomic E-state index is 13.2. The molecule has 0 N–H and O–H groups in total. The fourth-order valence-corrected chi connectivity index (χ4v) is 2.43. The minimum absolute atomic E-state index is 0.0792. The van der Waals surface area contributed by atoms with Crippen LogP contribution in [0.3, 0.4) is 0 Å². The first-order chi connectivity index (χ1) is 9.51. The summed E-state index contributed by atoms with van der Waals surface area (Å²) in [4.78, 5) is 14.2. The normalized spacial score (nSPS) is 23.8. The molecular weight excluding hydrogens is 264 g/mol. The molecule has 1 heterocycles. The monoisotopic (exact) mass is 283 g/mol. The molecular formula is C15H19F2NO2. The van der Waals surface area contributed by atoms with Crippen LogP contribution in [0.15, 0.2) is 18.2 Å². The van der Waals surface area contributed by atoms with E-state index in [-0.39, 0.29) is 30.0 Å². The van der Waals surface area contributed by atoms with Gasteiger partial charge in [0.15, 0.2) is 17.4 Å². The maximum atomic E-state index is 13.2. The smallest absolute Gasteiger partial charge is 0.176 e. The van der Waals surface area contributed by atoms with Crippen LogP contribution < -0.4 is 0 Å². The van der Waals surface area contributed by atoms with Gasteiger partial charge in [-0.15, -0.1) is 0 Å². The molecule has 0 aromatic heterocycles. The highest BCUT2D eigenvalue weighted by atomic mass is 19.2. The lowest BCUT2D eigenvalue weighted by Gasteiger charge is -2.37. The lowest BCUT2D eigenvalue weighted by Crippen LogP contribution is -2.50. The Hall–Kier alpha value is -1.33. The average molecular weight is 283 g/mol. The number of nitrogens with zero attached hydrogens (tertiary/aromatic N) is 1. The van der Waals surface area contributed by atoms with E-state index in [2.05, 4.69) is 4.90 Å². The lowest BCUT2D eigenvalue weighted by molar-refractivity contribution is -0.0523. The number of carbonyl (C=O) groups excluding carboxylic acids is 1. The number of benzene rings is 1. The summed E-state index contributed by atoms with van der Waals surface area (Å²) < 4.78 is 31.6. The van der Waals surface area contributed by atoms with Crippen LogP contribution in [0.5, 0.6) is 0 Å². The Kier molecular flexibility index (Phi) is 4.83. The number of carbonyl (C=O) groups is 1. The largest absolute Gasteiger partial charge is 0.376 e. The summed E-state index contributed by atoms with van der Waals surface area (Å²) in [7, 11) is 0. The van der Waals surface area contributed by atoms with Crippen LogP contribution in [0.25, 0.3) is 0 Å². The molecule has 0 bridgehead atoms. The van der Waals surface area contributed by atoms with E-state index >= 15 is 0 Å². The molecule has 1 aliphatic rings. The highest BCUT2D eigenvalue weighted by Crippen LogP contribution is 2.16. The second-order valence-corrected chi connectivity index (χ2v) is 5.19. The molecule has 1 fully saturated rings. The van der Waals surface area contributed by atoms with Crippen molar-refractivity contribution < 1.29 is 18.3 Å². The van der Waals surface area contributed by atoms with Crippen molar-refractivity contribution in [2.75, 3.05) is 19.7 Å². The van der Waals surface area contributed by atoms with Crippen LogP contribution in [-0.4, -0.2) is 42.5 Å². The number of ketones is 1. The van der Waals surface area contributed by atoms with Crippen LogP contribution in [0.1, 0.15) is 30.6 Å². The topological polar surface area (TPSA) is 29.5 Å². The molecule has 3 nitrogen and oxygen atoms in total. The van der Waals surface area contributed by atoms with E-state index in [0.717, 1.165) is 18.6 Å². The van der Waals surface area contributed by atoms with Gasteiger partial charge in [0.1, 0.15) is 0 Å². The Morgan fingerprint density at radius 3 is 2.80 bits per heavy atom. The van der Waals surface area contributed by atoms with E-state index in [0.29, 0.717) is 13.2 Å². The highest BCUT2D eigenvalue weighted by molar-refractivity contribution is 5.97. The fourth-order valence-electron chi connectivity index (χ4n) is 2.43. The standard InChI is InChI=1S/C15H19F2NO2/c1-3-12-9-20-10(2)7-18(12)8-15(19)11-4-5-13(16)14(17)6-11/h4-6,10,12H,3,7-9H2,1-2H3. The quantitative estimate of drug-likeness (QED) is 0.796. The van der Waals surface area contributed by atoms with Gasteiger partial charge in [-0.25, -0.2) is 8.78 Å². The van der Waals surface area contributed by atoms with Crippen LogP contribution >= 0.6 is 0 Å². The van der Waals surface area contributed by atoms with Crippen molar-refractivity contribution >= 4 is 5.78 Å². The van der Waals surface area contributed by atoms with Gasteiger partial charge in [-0.2, -0.15) is 0 Å². The number of Topliss-reactive ketones (excluding diaryl/α,β-unsaturated/α-hetero) is 1. The summed E-state index contributed by atoms with van der Waals surface area (Å²) in [5.41, 5.74) is 0.206. The van der Waals surface area contributed by atoms with Gasteiger partial charge in [0.25, 0.3) is 0 Å². The minimum atomic E-state index is -0.988. The molecule has 1 aromatic rings. The van der Waals surface area contributed by atoms with Gasteiger partial charge in [0.05, 0.1) is 19.3 Å². The van der Waals surface area contributed by atoms with Gasteiger partial charge in [0, 0.05) is 18.2 Å². The Morgan fingerprint density at radius 2 is 2.15 bits per heavy atom. The Labute approximate surface area is 117 Å². The molecule has 0 aliphatic carbocycles. The highest BCUT2D eigenvalue weighted by Gasteiger charge is 2.27. The molecule has 1 saturated heterocycles. The molecule has 1 aliphatic heterocycles. The van der Waals surface area contributed by atoms with E-state index in [1.54, 1.807) is 0 Å². The minimum Gasteiger partial charge on any atom is -0.376 e. The van der Waals surface area contributed by atoms with Crippen LogP contribution in [0, 0.1) is 11.6 Å². The van der Waals surface area contributed by atoms with E-state index in [9.17, 15) is 13.6 Å². The van der Waals surface area contributed by atoms with Gasteiger partial charge in [-0.3, -0.25) is 9.69 Å². The Balaban J connectivity index is 2.07. The summed E-state index contributed by atoms with van der Waals surface area (Å²) in [6.07, 6.45) is 0.966. The second kappa shape index (κ2) is 6.41. The zero-order valence-corrected chi connectivity index (χ0v) is 11.7. The number of ether oxygens (including phenoxy) is 1. The second-order valence-electron chi connectivity index (χ2n) is 5.19. The van der Waals surface area contributed by atoms with Crippen LogP contribution in [0.2, 0.25) is 0 Å². The number of morpholine rings is 1. The number of rotatable bonds is 4. The van der Waals surface area contributed by atoms with E-state index in [4.69, 9.17) is 4.74 Å². The number of halogens is 2. The van der Waals surface area contributed by atoms with E-state index in [1.807, 2.05) is 13.8 Å². The van der Waals surface area contributed by atoms with Gasteiger partial charge in [-0.05, 0) is 31.5 Å². The SMILES string of the molecule is CCC1COC(C)CN1CC(=O)c1ccc(F)c(F)c1. The molecule has 0 radical (unpaired) electrons. The molecule has 0 spiro atoms. The van der Waals surface area contributed by atoms with Crippen molar-refractivity contribution in [3.05, 3.63) is 35.4 Å². The van der Waals surface area contributed by atoms with Crippen molar-refractivity contribution in [1.82, 2.24) is 4.90 Å².